The molecule has 5 nitrogen and oxygen atoms in total. The van der Waals surface area contributed by atoms with Gasteiger partial charge in [-0.15, -0.1) is 0 Å². The third-order valence-electron chi connectivity index (χ3n) is 4.57. The third-order valence-corrected chi connectivity index (χ3v) is 4.57. The second-order valence-corrected chi connectivity index (χ2v) is 6.47. The lowest BCUT2D eigenvalue weighted by Crippen LogP contribution is -2.42. The summed E-state index contributed by atoms with van der Waals surface area (Å²) in [4.78, 5) is 14.3. The zero-order valence-electron chi connectivity index (χ0n) is 14.2. The molecular weight excluding hydrogens is 304 g/mol. The van der Waals surface area contributed by atoms with Gasteiger partial charge in [0.05, 0.1) is 6.10 Å². The van der Waals surface area contributed by atoms with Crippen LogP contribution >= 0.6 is 0 Å². The standard InChI is InChI=1S/C19H24N2O3/c1-13-9-18(24-14(13)2)19(23)20-10-17(22)12-21-8-7-15-5-3-4-6-16(15)11-21/h3-6,9,17,22H,7-8,10-12H2,1-2H3,(H,20,23). The zero-order chi connectivity index (χ0) is 17.1. The number of carbonyl (C=O) groups is 1. The number of β-amino-alcohol motifs (C(OH)–C–C–N with tert-alkyl or cyclic N) is 1. The number of furan rings is 1. The van der Waals surface area contributed by atoms with Gasteiger partial charge in [-0.1, -0.05) is 24.3 Å². The summed E-state index contributed by atoms with van der Waals surface area (Å²) in [7, 11) is 0. The van der Waals surface area contributed by atoms with E-state index in [0.29, 0.717) is 12.3 Å². The molecule has 2 N–H and O–H groups in total. The van der Waals surface area contributed by atoms with Crippen LogP contribution < -0.4 is 5.32 Å². The summed E-state index contributed by atoms with van der Waals surface area (Å²) in [6, 6.07) is 10.1. The summed E-state index contributed by atoms with van der Waals surface area (Å²) in [5, 5.41) is 13.0. The third kappa shape index (κ3) is 3.86. The summed E-state index contributed by atoms with van der Waals surface area (Å²) < 4.78 is 5.39. The normalized spacial score (nSPS) is 15.8. The van der Waals surface area contributed by atoms with Crippen LogP contribution in [0.1, 0.15) is 33.0 Å². The highest BCUT2D eigenvalue weighted by atomic mass is 16.3. The Hall–Kier alpha value is -2.11. The molecule has 0 radical (unpaired) electrons. The molecule has 0 bridgehead atoms. The predicted molar refractivity (Wildman–Crippen MR) is 91.9 cm³/mol. The van der Waals surface area contributed by atoms with E-state index >= 15 is 0 Å². The fraction of sp³-hybridized carbons (Fsp3) is 0.421. The van der Waals surface area contributed by atoms with Gasteiger partial charge in [0.1, 0.15) is 5.76 Å². The molecule has 1 atom stereocenters. The number of aryl methyl sites for hydroxylation is 2. The lowest BCUT2D eigenvalue weighted by molar-refractivity contribution is 0.0820. The lowest BCUT2D eigenvalue weighted by Gasteiger charge is -2.30. The highest BCUT2D eigenvalue weighted by Crippen LogP contribution is 2.18. The summed E-state index contributed by atoms with van der Waals surface area (Å²) in [6.07, 6.45) is 0.400. The number of fused-ring (bicyclic) bond motifs is 1. The van der Waals surface area contributed by atoms with Crippen LogP contribution in [-0.4, -0.2) is 41.7 Å². The van der Waals surface area contributed by atoms with Gasteiger partial charge in [-0.05, 0) is 43.0 Å². The Morgan fingerprint density at radius 1 is 1.33 bits per heavy atom. The molecule has 24 heavy (non-hydrogen) atoms. The zero-order valence-corrected chi connectivity index (χ0v) is 14.2. The first-order valence-corrected chi connectivity index (χ1v) is 8.35. The number of aliphatic hydroxyl groups is 1. The molecule has 0 spiro atoms. The Bertz CT molecular complexity index is 704. The summed E-state index contributed by atoms with van der Waals surface area (Å²) >= 11 is 0. The minimum absolute atomic E-state index is 0.218. The van der Waals surface area contributed by atoms with Gasteiger partial charge in [0.15, 0.2) is 5.76 Å². The smallest absolute Gasteiger partial charge is 0.287 e. The molecule has 1 unspecified atom stereocenters. The molecule has 2 aromatic rings. The Labute approximate surface area is 142 Å². The predicted octanol–water partition coefficient (Wildman–Crippen LogP) is 2.05. The number of hydrogen-bond acceptors (Lipinski definition) is 4. The lowest BCUT2D eigenvalue weighted by atomic mass is 10.00. The molecule has 1 aliphatic rings. The van der Waals surface area contributed by atoms with Crippen molar-refractivity contribution in [3.05, 3.63) is 58.5 Å². The first-order chi connectivity index (χ1) is 11.5. The first-order valence-electron chi connectivity index (χ1n) is 8.35. The van der Waals surface area contributed by atoms with Crippen molar-refractivity contribution in [3.63, 3.8) is 0 Å². The van der Waals surface area contributed by atoms with E-state index in [-0.39, 0.29) is 12.5 Å². The van der Waals surface area contributed by atoms with E-state index < -0.39 is 6.10 Å². The van der Waals surface area contributed by atoms with Crippen molar-refractivity contribution in [1.82, 2.24) is 10.2 Å². The topological polar surface area (TPSA) is 65.7 Å². The number of carbonyl (C=O) groups excluding carboxylic acids is 1. The molecule has 0 fully saturated rings. The van der Waals surface area contributed by atoms with Gasteiger partial charge in [-0.25, -0.2) is 0 Å². The van der Waals surface area contributed by atoms with E-state index in [1.54, 1.807) is 6.07 Å². The molecule has 3 rings (SSSR count). The van der Waals surface area contributed by atoms with Gasteiger partial charge in [-0.2, -0.15) is 0 Å². The average molecular weight is 328 g/mol. The van der Waals surface area contributed by atoms with E-state index in [9.17, 15) is 9.90 Å². The Morgan fingerprint density at radius 2 is 2.08 bits per heavy atom. The maximum Gasteiger partial charge on any atom is 0.287 e. The van der Waals surface area contributed by atoms with Crippen LogP contribution in [0, 0.1) is 13.8 Å². The number of amides is 1. The molecule has 0 saturated carbocycles. The van der Waals surface area contributed by atoms with Crippen LogP contribution in [0.3, 0.4) is 0 Å². The molecule has 2 heterocycles. The van der Waals surface area contributed by atoms with E-state index in [4.69, 9.17) is 4.42 Å². The van der Waals surface area contributed by atoms with Gasteiger partial charge in [-0.3, -0.25) is 9.69 Å². The van der Waals surface area contributed by atoms with Gasteiger partial charge < -0.3 is 14.8 Å². The summed E-state index contributed by atoms with van der Waals surface area (Å²) in [5.74, 6) is 0.756. The summed E-state index contributed by atoms with van der Waals surface area (Å²) in [5.41, 5.74) is 3.66. The molecule has 1 aromatic heterocycles. The van der Waals surface area contributed by atoms with Gasteiger partial charge >= 0.3 is 0 Å². The number of aliphatic hydroxyl groups excluding tert-OH is 1. The summed E-state index contributed by atoms with van der Waals surface area (Å²) in [6.45, 7) is 6.27. The van der Waals surface area contributed by atoms with Crippen LogP contribution in [0.5, 0.6) is 0 Å². The monoisotopic (exact) mass is 328 g/mol. The van der Waals surface area contributed by atoms with Gasteiger partial charge in [0, 0.05) is 26.2 Å². The Morgan fingerprint density at radius 3 is 2.79 bits per heavy atom. The van der Waals surface area contributed by atoms with Gasteiger partial charge in [0.25, 0.3) is 5.91 Å². The van der Waals surface area contributed by atoms with Crippen molar-refractivity contribution in [2.75, 3.05) is 19.6 Å². The number of nitrogens with one attached hydrogen (secondary N) is 1. The number of benzene rings is 1. The fourth-order valence-corrected chi connectivity index (χ4v) is 3.06. The van der Waals surface area contributed by atoms with Crippen LogP contribution in [0.2, 0.25) is 0 Å². The van der Waals surface area contributed by atoms with E-state index in [0.717, 1.165) is 30.8 Å². The van der Waals surface area contributed by atoms with Crippen LogP contribution in [-0.2, 0) is 13.0 Å². The maximum absolute atomic E-state index is 12.0. The molecular formula is C19H24N2O3. The Kier molecular flexibility index (Phi) is 5.02. The van der Waals surface area contributed by atoms with Gasteiger partial charge in [0.2, 0.25) is 0 Å². The molecule has 128 valence electrons. The van der Waals surface area contributed by atoms with Crippen molar-refractivity contribution >= 4 is 5.91 Å². The van der Waals surface area contributed by atoms with Crippen LogP contribution in [0.25, 0.3) is 0 Å². The largest absolute Gasteiger partial charge is 0.456 e. The van der Waals surface area contributed by atoms with Crippen LogP contribution in [0.4, 0.5) is 0 Å². The van der Waals surface area contributed by atoms with E-state index in [1.807, 2.05) is 19.9 Å². The van der Waals surface area contributed by atoms with E-state index in [2.05, 4.69) is 28.4 Å². The minimum Gasteiger partial charge on any atom is -0.456 e. The number of rotatable bonds is 5. The van der Waals surface area contributed by atoms with Crippen molar-refractivity contribution < 1.29 is 14.3 Å². The molecule has 0 aliphatic carbocycles. The van der Waals surface area contributed by atoms with Crippen molar-refractivity contribution in [2.24, 2.45) is 0 Å². The van der Waals surface area contributed by atoms with Crippen molar-refractivity contribution in [3.8, 4) is 0 Å². The second kappa shape index (κ2) is 7.20. The maximum atomic E-state index is 12.0. The highest BCUT2D eigenvalue weighted by Gasteiger charge is 2.19. The molecule has 5 heteroatoms. The molecule has 1 aromatic carbocycles. The Balaban J connectivity index is 1.48. The number of nitrogens with zero attached hydrogens (tertiary/aromatic N) is 1. The molecule has 1 aliphatic heterocycles. The van der Waals surface area contributed by atoms with Crippen LogP contribution in [0.15, 0.2) is 34.7 Å². The molecule has 1 amide bonds. The molecule has 0 saturated heterocycles. The second-order valence-electron chi connectivity index (χ2n) is 6.47. The average Bonchev–Trinajstić information content (AvgIpc) is 2.92. The van der Waals surface area contributed by atoms with Crippen molar-refractivity contribution in [2.45, 2.75) is 32.9 Å². The van der Waals surface area contributed by atoms with E-state index in [1.165, 1.54) is 11.1 Å². The SMILES string of the molecule is Cc1cc(C(=O)NCC(O)CN2CCc3ccccc3C2)oc1C. The highest BCUT2D eigenvalue weighted by molar-refractivity contribution is 5.91. The number of hydrogen-bond donors (Lipinski definition) is 2. The minimum atomic E-state index is -0.601. The first kappa shape index (κ1) is 16.7. The fourth-order valence-electron chi connectivity index (χ4n) is 3.06. The van der Waals surface area contributed by atoms with Crippen molar-refractivity contribution in [1.29, 1.82) is 0 Å². The quantitative estimate of drug-likeness (QED) is 0.881.